The van der Waals surface area contributed by atoms with Gasteiger partial charge in [-0.3, -0.25) is 0 Å². The molecule has 3 N–H and O–H groups in total. The smallest absolute Gasteiger partial charge is 0.410 e. The Morgan fingerprint density at radius 2 is 1.90 bits per heavy atom. The number of hydrogen-bond donors (Lipinski definition) is 2. The van der Waals surface area contributed by atoms with Crippen molar-refractivity contribution in [3.63, 3.8) is 0 Å². The van der Waals surface area contributed by atoms with Crippen molar-refractivity contribution in [2.75, 3.05) is 24.6 Å². The summed E-state index contributed by atoms with van der Waals surface area (Å²) in [7, 11) is 0. The zero-order chi connectivity index (χ0) is 15.0. The van der Waals surface area contributed by atoms with Gasteiger partial charge in [-0.05, 0) is 45.8 Å². The summed E-state index contributed by atoms with van der Waals surface area (Å²) in [4.78, 5) is 13.7. The van der Waals surface area contributed by atoms with E-state index in [1.807, 2.05) is 20.8 Å². The summed E-state index contributed by atoms with van der Waals surface area (Å²) in [6.07, 6.45) is 1.61. The van der Waals surface area contributed by atoms with Gasteiger partial charge < -0.3 is 20.5 Å². The number of carbonyl (C=O) groups is 1. The van der Waals surface area contributed by atoms with E-state index in [1.54, 1.807) is 16.7 Å². The highest BCUT2D eigenvalue weighted by Gasteiger charge is 2.51. The van der Waals surface area contributed by atoms with Gasteiger partial charge in [0.1, 0.15) is 5.60 Å². The highest BCUT2D eigenvalue weighted by atomic mass is 32.2. The standard InChI is InChI=1S/C14H26N2O3S/c1-12(2,3)19-11(17)16-7-4-14(18,5-8-16)13(15)6-9-20-10-13/h18H,4-10,15H2,1-3H3. The Kier molecular flexibility index (Phi) is 4.29. The minimum atomic E-state index is -0.852. The maximum Gasteiger partial charge on any atom is 0.410 e. The predicted octanol–water partition coefficient (Wildman–Crippen LogP) is 1.58. The molecule has 2 aliphatic rings. The van der Waals surface area contributed by atoms with E-state index in [0.29, 0.717) is 25.9 Å². The van der Waals surface area contributed by atoms with Gasteiger partial charge >= 0.3 is 6.09 Å². The highest BCUT2D eigenvalue weighted by molar-refractivity contribution is 7.99. The maximum absolute atomic E-state index is 12.0. The molecule has 2 aliphatic heterocycles. The molecule has 1 atom stereocenters. The molecule has 20 heavy (non-hydrogen) atoms. The lowest BCUT2D eigenvalue weighted by molar-refractivity contribution is -0.0737. The summed E-state index contributed by atoms with van der Waals surface area (Å²) >= 11 is 1.80. The van der Waals surface area contributed by atoms with E-state index >= 15 is 0 Å². The molecule has 2 heterocycles. The van der Waals surface area contributed by atoms with Crippen molar-refractivity contribution >= 4 is 17.9 Å². The average molecular weight is 302 g/mol. The van der Waals surface area contributed by atoms with Crippen molar-refractivity contribution in [3.05, 3.63) is 0 Å². The third-order valence-electron chi connectivity index (χ3n) is 4.22. The summed E-state index contributed by atoms with van der Waals surface area (Å²) in [6, 6.07) is 0. The van der Waals surface area contributed by atoms with E-state index in [9.17, 15) is 9.90 Å². The lowest BCUT2D eigenvalue weighted by atomic mass is 9.73. The Bertz CT molecular complexity index is 367. The molecular weight excluding hydrogens is 276 g/mol. The first-order chi connectivity index (χ1) is 9.15. The molecule has 2 fully saturated rings. The number of hydrogen-bond acceptors (Lipinski definition) is 5. The van der Waals surface area contributed by atoms with Crippen LogP contribution in [0.1, 0.15) is 40.0 Å². The van der Waals surface area contributed by atoms with Gasteiger partial charge in [-0.15, -0.1) is 0 Å². The van der Waals surface area contributed by atoms with Crippen LogP contribution in [0.5, 0.6) is 0 Å². The van der Waals surface area contributed by atoms with Crippen LogP contribution in [-0.4, -0.2) is 57.4 Å². The number of amides is 1. The van der Waals surface area contributed by atoms with Crippen LogP contribution in [0.3, 0.4) is 0 Å². The van der Waals surface area contributed by atoms with Crippen LogP contribution in [0.25, 0.3) is 0 Å². The number of ether oxygens (including phenoxy) is 1. The summed E-state index contributed by atoms with van der Waals surface area (Å²) in [5.74, 6) is 1.81. The molecule has 0 bridgehead atoms. The zero-order valence-corrected chi connectivity index (χ0v) is 13.5. The van der Waals surface area contributed by atoms with Gasteiger partial charge in [0.25, 0.3) is 0 Å². The molecule has 6 heteroatoms. The van der Waals surface area contributed by atoms with Gasteiger partial charge in [0.05, 0.1) is 11.1 Å². The molecule has 0 aromatic rings. The second kappa shape index (κ2) is 5.39. The summed E-state index contributed by atoms with van der Waals surface area (Å²) in [6.45, 7) is 6.59. The normalized spacial score (nSPS) is 30.4. The number of thioether (sulfide) groups is 1. The van der Waals surface area contributed by atoms with Gasteiger partial charge in [-0.2, -0.15) is 11.8 Å². The van der Waals surface area contributed by atoms with Crippen molar-refractivity contribution in [3.8, 4) is 0 Å². The van der Waals surface area contributed by atoms with Crippen LogP contribution in [0, 0.1) is 0 Å². The molecule has 2 saturated heterocycles. The Balaban J connectivity index is 1.93. The molecule has 2 rings (SSSR count). The molecule has 116 valence electrons. The minimum absolute atomic E-state index is 0.300. The Morgan fingerprint density at radius 3 is 2.35 bits per heavy atom. The monoisotopic (exact) mass is 302 g/mol. The second-order valence-corrected chi connectivity index (χ2v) is 8.06. The number of carbonyl (C=O) groups excluding carboxylic acids is 1. The van der Waals surface area contributed by atoms with Gasteiger partial charge in [0.15, 0.2) is 0 Å². The molecule has 0 aromatic carbocycles. The maximum atomic E-state index is 12.0. The topological polar surface area (TPSA) is 75.8 Å². The molecule has 0 aliphatic carbocycles. The number of likely N-dealkylation sites (tertiary alicyclic amines) is 1. The summed E-state index contributed by atoms with van der Waals surface area (Å²) in [5.41, 5.74) is 4.55. The first-order valence-corrected chi connectivity index (χ1v) is 8.38. The molecule has 0 aromatic heterocycles. The molecule has 1 unspecified atom stereocenters. The third-order valence-corrected chi connectivity index (χ3v) is 5.43. The van der Waals surface area contributed by atoms with E-state index < -0.39 is 16.7 Å². The number of rotatable bonds is 1. The fourth-order valence-electron chi connectivity index (χ4n) is 2.83. The molecule has 0 spiro atoms. The van der Waals surface area contributed by atoms with Gasteiger partial charge in [0, 0.05) is 18.8 Å². The van der Waals surface area contributed by atoms with Crippen molar-refractivity contribution in [2.24, 2.45) is 5.73 Å². The van der Waals surface area contributed by atoms with E-state index in [4.69, 9.17) is 10.5 Å². The van der Waals surface area contributed by atoms with Crippen LogP contribution in [0.2, 0.25) is 0 Å². The lowest BCUT2D eigenvalue weighted by Gasteiger charge is -2.47. The summed E-state index contributed by atoms with van der Waals surface area (Å²) < 4.78 is 5.37. The lowest BCUT2D eigenvalue weighted by Crippen LogP contribution is -2.65. The van der Waals surface area contributed by atoms with Crippen LogP contribution in [-0.2, 0) is 4.74 Å². The Morgan fingerprint density at radius 1 is 1.30 bits per heavy atom. The predicted molar refractivity (Wildman–Crippen MR) is 80.9 cm³/mol. The second-order valence-electron chi connectivity index (χ2n) is 6.96. The van der Waals surface area contributed by atoms with Crippen molar-refractivity contribution in [1.82, 2.24) is 4.90 Å². The van der Waals surface area contributed by atoms with E-state index in [1.165, 1.54) is 0 Å². The molecule has 1 amide bonds. The van der Waals surface area contributed by atoms with Crippen LogP contribution in [0.15, 0.2) is 0 Å². The highest BCUT2D eigenvalue weighted by Crippen LogP contribution is 2.40. The quantitative estimate of drug-likeness (QED) is 0.769. The molecule has 0 saturated carbocycles. The molecule has 0 radical (unpaired) electrons. The van der Waals surface area contributed by atoms with E-state index in [-0.39, 0.29) is 6.09 Å². The SMILES string of the molecule is CC(C)(C)OC(=O)N1CCC(O)(C2(N)CCSC2)CC1. The van der Waals surface area contributed by atoms with E-state index in [0.717, 1.165) is 17.9 Å². The van der Waals surface area contributed by atoms with Crippen molar-refractivity contribution < 1.29 is 14.6 Å². The number of nitrogens with two attached hydrogens (primary N) is 1. The van der Waals surface area contributed by atoms with Crippen LogP contribution in [0.4, 0.5) is 4.79 Å². The minimum Gasteiger partial charge on any atom is -0.444 e. The first kappa shape index (κ1) is 15.9. The Labute approximate surface area is 125 Å². The molecular formula is C14H26N2O3S. The zero-order valence-electron chi connectivity index (χ0n) is 12.6. The van der Waals surface area contributed by atoms with Crippen molar-refractivity contribution in [1.29, 1.82) is 0 Å². The summed E-state index contributed by atoms with van der Waals surface area (Å²) in [5, 5.41) is 10.8. The van der Waals surface area contributed by atoms with E-state index in [2.05, 4.69) is 0 Å². The fourth-order valence-corrected chi connectivity index (χ4v) is 4.26. The average Bonchev–Trinajstić information content (AvgIpc) is 2.76. The first-order valence-electron chi connectivity index (χ1n) is 7.22. The third kappa shape index (κ3) is 3.23. The number of aliphatic hydroxyl groups is 1. The van der Waals surface area contributed by atoms with Gasteiger partial charge in [-0.1, -0.05) is 0 Å². The largest absolute Gasteiger partial charge is 0.444 e. The number of piperidine rings is 1. The van der Waals surface area contributed by atoms with Crippen LogP contribution < -0.4 is 5.73 Å². The molecule has 5 nitrogen and oxygen atoms in total. The van der Waals surface area contributed by atoms with Gasteiger partial charge in [-0.25, -0.2) is 4.79 Å². The fraction of sp³-hybridized carbons (Fsp3) is 0.929. The Hall–Kier alpha value is -0.460. The van der Waals surface area contributed by atoms with Gasteiger partial charge in [0.2, 0.25) is 0 Å². The van der Waals surface area contributed by atoms with Crippen molar-refractivity contribution in [2.45, 2.75) is 56.8 Å². The van der Waals surface area contributed by atoms with Crippen LogP contribution >= 0.6 is 11.8 Å². The number of nitrogens with zero attached hydrogens (tertiary/aromatic N) is 1.